The topological polar surface area (TPSA) is 66.4 Å². The maximum atomic E-state index is 13.4. The first-order valence-electron chi connectivity index (χ1n) is 7.42. The zero-order chi connectivity index (χ0) is 16.1. The van der Waals surface area contributed by atoms with Gasteiger partial charge in [0.25, 0.3) is 0 Å². The summed E-state index contributed by atoms with van der Waals surface area (Å²) in [4.78, 5) is 22.8. The molecule has 0 aliphatic heterocycles. The van der Waals surface area contributed by atoms with Crippen LogP contribution in [-0.2, 0) is 16.0 Å². The van der Waals surface area contributed by atoms with Gasteiger partial charge < -0.3 is 10.4 Å². The van der Waals surface area contributed by atoms with Crippen molar-refractivity contribution in [1.82, 2.24) is 5.32 Å². The van der Waals surface area contributed by atoms with Gasteiger partial charge in [-0.05, 0) is 44.2 Å². The van der Waals surface area contributed by atoms with Crippen molar-refractivity contribution in [3.05, 3.63) is 35.4 Å². The number of hydrogen-bond acceptors (Lipinski definition) is 2. The molecule has 4 nitrogen and oxygen atoms in total. The molecule has 1 aliphatic rings. The summed E-state index contributed by atoms with van der Waals surface area (Å²) in [6, 6.07) is 3.68. The molecule has 2 N–H and O–H groups in total. The molecule has 0 unspecified atom stereocenters. The number of nitrogens with one attached hydrogen (secondary N) is 1. The largest absolute Gasteiger partial charge is 0.481 e. The van der Waals surface area contributed by atoms with Gasteiger partial charge in [-0.15, -0.1) is 0 Å². The molecule has 1 amide bonds. The number of rotatable bonds is 5. The van der Waals surface area contributed by atoms with Crippen LogP contribution in [0.1, 0.15) is 31.2 Å². The summed E-state index contributed by atoms with van der Waals surface area (Å²) in [7, 11) is 0. The fraction of sp³-hybridized carbons (Fsp3) is 0.500. The van der Waals surface area contributed by atoms with E-state index in [4.69, 9.17) is 5.11 Å². The molecule has 6 heteroatoms. The van der Waals surface area contributed by atoms with Gasteiger partial charge >= 0.3 is 5.97 Å². The number of benzene rings is 1. The smallest absolute Gasteiger partial charge is 0.306 e. The van der Waals surface area contributed by atoms with Gasteiger partial charge in [0.15, 0.2) is 0 Å². The molecule has 1 aromatic rings. The predicted molar refractivity (Wildman–Crippen MR) is 76.2 cm³/mol. The van der Waals surface area contributed by atoms with E-state index in [-0.39, 0.29) is 36.3 Å². The average molecular weight is 311 g/mol. The Hall–Kier alpha value is -1.98. The fourth-order valence-electron chi connectivity index (χ4n) is 2.83. The predicted octanol–water partition coefficient (Wildman–Crippen LogP) is 2.51. The third kappa shape index (κ3) is 4.02. The van der Waals surface area contributed by atoms with Crippen molar-refractivity contribution in [2.45, 2.75) is 32.1 Å². The molecule has 0 aromatic heterocycles. The van der Waals surface area contributed by atoms with Crippen molar-refractivity contribution >= 4 is 11.9 Å². The molecule has 22 heavy (non-hydrogen) atoms. The second kappa shape index (κ2) is 7.33. The maximum Gasteiger partial charge on any atom is 0.306 e. The van der Waals surface area contributed by atoms with Crippen LogP contribution in [0.15, 0.2) is 18.2 Å². The Kier molecular flexibility index (Phi) is 5.46. The molecule has 0 saturated heterocycles. The van der Waals surface area contributed by atoms with Crippen LogP contribution in [0.3, 0.4) is 0 Å². The van der Waals surface area contributed by atoms with Crippen molar-refractivity contribution in [3.63, 3.8) is 0 Å². The van der Waals surface area contributed by atoms with Crippen LogP contribution >= 0.6 is 0 Å². The van der Waals surface area contributed by atoms with E-state index in [0.717, 1.165) is 0 Å². The molecule has 0 spiro atoms. The van der Waals surface area contributed by atoms with E-state index >= 15 is 0 Å². The highest BCUT2D eigenvalue weighted by Crippen LogP contribution is 2.29. The number of carbonyl (C=O) groups excluding carboxylic acids is 1. The summed E-state index contributed by atoms with van der Waals surface area (Å²) in [5.74, 6) is -2.78. The Morgan fingerprint density at radius 1 is 1.09 bits per heavy atom. The summed E-state index contributed by atoms with van der Waals surface area (Å²) in [6.07, 6.45) is 2.16. The van der Waals surface area contributed by atoms with Crippen LogP contribution in [0.4, 0.5) is 8.78 Å². The molecule has 2 rings (SSSR count). The van der Waals surface area contributed by atoms with Crippen LogP contribution < -0.4 is 5.32 Å². The lowest BCUT2D eigenvalue weighted by Gasteiger charge is -2.25. The Morgan fingerprint density at radius 3 is 2.18 bits per heavy atom. The van der Waals surface area contributed by atoms with Crippen molar-refractivity contribution in [1.29, 1.82) is 0 Å². The third-order valence-corrected chi connectivity index (χ3v) is 4.18. The van der Waals surface area contributed by atoms with Crippen LogP contribution in [0.5, 0.6) is 0 Å². The van der Waals surface area contributed by atoms with Gasteiger partial charge in [0.05, 0.1) is 5.92 Å². The molecule has 0 heterocycles. The Morgan fingerprint density at radius 2 is 1.64 bits per heavy atom. The lowest BCUT2D eigenvalue weighted by atomic mass is 9.81. The van der Waals surface area contributed by atoms with Gasteiger partial charge in [0, 0.05) is 18.0 Å². The number of aliphatic carboxylic acids is 1. The van der Waals surface area contributed by atoms with Gasteiger partial charge in [-0.1, -0.05) is 6.07 Å². The van der Waals surface area contributed by atoms with Gasteiger partial charge in [-0.3, -0.25) is 9.59 Å². The zero-order valence-corrected chi connectivity index (χ0v) is 12.1. The highest BCUT2D eigenvalue weighted by Gasteiger charge is 2.29. The maximum absolute atomic E-state index is 13.4. The van der Waals surface area contributed by atoms with Crippen molar-refractivity contribution < 1.29 is 23.5 Å². The van der Waals surface area contributed by atoms with Gasteiger partial charge in [0.2, 0.25) is 5.91 Å². The van der Waals surface area contributed by atoms with E-state index in [2.05, 4.69) is 5.32 Å². The summed E-state index contributed by atoms with van der Waals surface area (Å²) in [6.45, 7) is 0.162. The number of carboxylic acids is 1. The number of carbonyl (C=O) groups is 2. The standard InChI is InChI=1S/C16H19F2NO3/c17-13-2-1-3-14(18)12(13)8-9-19-15(20)10-4-6-11(7-5-10)16(21)22/h1-3,10-11H,4-9H2,(H,19,20)(H,21,22). The molecular weight excluding hydrogens is 292 g/mol. The minimum absolute atomic E-state index is 0.0302. The average Bonchev–Trinajstić information content (AvgIpc) is 2.50. The van der Waals surface area contributed by atoms with Crippen molar-refractivity contribution in [2.24, 2.45) is 11.8 Å². The summed E-state index contributed by atoms with van der Waals surface area (Å²) >= 11 is 0. The first-order valence-corrected chi connectivity index (χ1v) is 7.42. The Bertz CT molecular complexity index is 534. The molecule has 0 radical (unpaired) electrons. The second-order valence-corrected chi connectivity index (χ2v) is 5.63. The zero-order valence-electron chi connectivity index (χ0n) is 12.1. The van der Waals surface area contributed by atoms with E-state index in [1.54, 1.807) is 0 Å². The minimum Gasteiger partial charge on any atom is -0.481 e. The Balaban J connectivity index is 1.78. The van der Waals surface area contributed by atoms with E-state index in [9.17, 15) is 18.4 Å². The van der Waals surface area contributed by atoms with Crippen LogP contribution in [0.2, 0.25) is 0 Å². The molecule has 1 aliphatic carbocycles. The van der Waals surface area contributed by atoms with E-state index in [0.29, 0.717) is 25.7 Å². The van der Waals surface area contributed by atoms with Crippen LogP contribution in [0, 0.1) is 23.5 Å². The highest BCUT2D eigenvalue weighted by molar-refractivity contribution is 5.79. The third-order valence-electron chi connectivity index (χ3n) is 4.18. The summed E-state index contributed by atoms with van der Waals surface area (Å²) < 4.78 is 26.9. The lowest BCUT2D eigenvalue weighted by molar-refractivity contribution is -0.144. The number of hydrogen-bond donors (Lipinski definition) is 2. The molecule has 120 valence electrons. The lowest BCUT2D eigenvalue weighted by Crippen LogP contribution is -2.35. The van der Waals surface area contributed by atoms with E-state index in [1.807, 2.05) is 0 Å². The molecule has 1 saturated carbocycles. The van der Waals surface area contributed by atoms with Gasteiger partial charge in [0.1, 0.15) is 11.6 Å². The first-order chi connectivity index (χ1) is 10.5. The second-order valence-electron chi connectivity index (χ2n) is 5.63. The van der Waals surface area contributed by atoms with Crippen LogP contribution in [0.25, 0.3) is 0 Å². The number of halogens is 2. The highest BCUT2D eigenvalue weighted by atomic mass is 19.1. The minimum atomic E-state index is -0.811. The first kappa shape index (κ1) is 16.4. The monoisotopic (exact) mass is 311 g/mol. The van der Waals surface area contributed by atoms with Crippen molar-refractivity contribution in [2.75, 3.05) is 6.54 Å². The fourth-order valence-corrected chi connectivity index (χ4v) is 2.83. The van der Waals surface area contributed by atoms with Gasteiger partial charge in [-0.2, -0.15) is 0 Å². The quantitative estimate of drug-likeness (QED) is 0.878. The summed E-state index contributed by atoms with van der Waals surface area (Å²) in [5, 5.41) is 11.6. The molecule has 0 bridgehead atoms. The van der Waals surface area contributed by atoms with Crippen molar-refractivity contribution in [3.8, 4) is 0 Å². The van der Waals surface area contributed by atoms with E-state index < -0.39 is 17.6 Å². The SMILES string of the molecule is O=C(O)C1CCC(C(=O)NCCc2c(F)cccc2F)CC1. The Labute approximate surface area is 127 Å². The molecule has 1 fully saturated rings. The molecular formula is C16H19F2NO3. The number of carboxylic acid groups (broad SMARTS) is 1. The van der Waals surface area contributed by atoms with Crippen LogP contribution in [-0.4, -0.2) is 23.5 Å². The normalized spacial score (nSPS) is 21.4. The molecule has 1 aromatic carbocycles. The van der Waals surface area contributed by atoms with E-state index in [1.165, 1.54) is 18.2 Å². The number of amides is 1. The molecule has 0 atom stereocenters. The van der Waals surface area contributed by atoms with Gasteiger partial charge in [-0.25, -0.2) is 8.78 Å². The summed E-state index contributed by atoms with van der Waals surface area (Å²) in [5.41, 5.74) is -0.0302.